The van der Waals surface area contributed by atoms with Crippen LogP contribution in [0.1, 0.15) is 16.8 Å². The van der Waals surface area contributed by atoms with Crippen molar-refractivity contribution in [1.29, 1.82) is 0 Å². The molecule has 160 valence electrons. The van der Waals surface area contributed by atoms with Crippen molar-refractivity contribution in [3.05, 3.63) is 95.9 Å². The Morgan fingerprint density at radius 2 is 1.85 bits per heavy atom. The Morgan fingerprint density at radius 3 is 2.85 bits per heavy atom. The van der Waals surface area contributed by atoms with Crippen molar-refractivity contribution < 1.29 is 0 Å². The van der Waals surface area contributed by atoms with Crippen LogP contribution in [0.3, 0.4) is 0 Å². The largest absolute Gasteiger partial charge is 0.358 e. The number of benzene rings is 3. The van der Waals surface area contributed by atoms with Crippen LogP contribution in [0.5, 0.6) is 0 Å². The van der Waals surface area contributed by atoms with E-state index in [1.807, 2.05) is 18.5 Å². The molecule has 0 saturated heterocycles. The molecule has 5 nitrogen and oxygen atoms in total. The van der Waals surface area contributed by atoms with E-state index in [2.05, 4.69) is 80.6 Å². The highest BCUT2D eigenvalue weighted by atomic mass is 15.3. The van der Waals surface area contributed by atoms with Gasteiger partial charge in [-0.2, -0.15) is 5.10 Å². The van der Waals surface area contributed by atoms with Gasteiger partial charge < -0.3 is 10.3 Å². The number of aromatic amines is 1. The first kappa shape index (κ1) is 18.6. The van der Waals surface area contributed by atoms with Crippen LogP contribution in [-0.2, 0) is 19.5 Å². The third kappa shape index (κ3) is 3.12. The molecule has 0 aliphatic carbocycles. The Hall–Kier alpha value is -3.96. The molecule has 33 heavy (non-hydrogen) atoms. The molecule has 0 spiro atoms. The fourth-order valence-corrected chi connectivity index (χ4v) is 5.10. The van der Waals surface area contributed by atoms with Crippen molar-refractivity contribution in [3.63, 3.8) is 0 Å². The van der Waals surface area contributed by atoms with E-state index < -0.39 is 0 Å². The molecule has 0 amide bonds. The van der Waals surface area contributed by atoms with E-state index in [0.29, 0.717) is 0 Å². The molecule has 2 N–H and O–H groups in total. The summed E-state index contributed by atoms with van der Waals surface area (Å²) in [5.41, 5.74) is 9.86. The molecular formula is C28H23N5. The zero-order valence-electron chi connectivity index (χ0n) is 18.2. The van der Waals surface area contributed by atoms with Gasteiger partial charge in [-0.05, 0) is 58.7 Å². The molecule has 6 aromatic rings. The van der Waals surface area contributed by atoms with Gasteiger partial charge in [0.15, 0.2) is 0 Å². The molecule has 7 rings (SSSR count). The SMILES string of the molecule is c1cnc2ccc(Cn3ncc4ccc(-c5ccc6[nH]c7c(c6c5)CNCC7)cc43)cc2c1. The summed E-state index contributed by atoms with van der Waals surface area (Å²) in [6.45, 7) is 2.71. The summed E-state index contributed by atoms with van der Waals surface area (Å²) >= 11 is 0. The van der Waals surface area contributed by atoms with Gasteiger partial charge in [-0.15, -0.1) is 0 Å². The van der Waals surface area contributed by atoms with E-state index in [0.717, 1.165) is 47.9 Å². The third-order valence-corrected chi connectivity index (χ3v) is 6.83. The van der Waals surface area contributed by atoms with Crippen LogP contribution in [0.4, 0.5) is 0 Å². The molecule has 0 bridgehead atoms. The van der Waals surface area contributed by atoms with Crippen LogP contribution in [-0.4, -0.2) is 26.3 Å². The maximum atomic E-state index is 4.69. The highest BCUT2D eigenvalue weighted by molar-refractivity contribution is 5.91. The molecule has 1 aliphatic rings. The second kappa shape index (κ2) is 7.29. The Balaban J connectivity index is 1.28. The Bertz CT molecular complexity index is 1660. The van der Waals surface area contributed by atoms with Gasteiger partial charge in [0.25, 0.3) is 0 Å². The lowest BCUT2D eigenvalue weighted by atomic mass is 10.00. The van der Waals surface area contributed by atoms with E-state index in [4.69, 9.17) is 5.10 Å². The monoisotopic (exact) mass is 429 g/mol. The lowest BCUT2D eigenvalue weighted by Crippen LogP contribution is -2.22. The molecule has 1 aliphatic heterocycles. The minimum atomic E-state index is 0.730. The average Bonchev–Trinajstić information content (AvgIpc) is 3.44. The number of H-pyrrole nitrogens is 1. The summed E-state index contributed by atoms with van der Waals surface area (Å²) in [6.07, 6.45) is 4.86. The molecule has 4 heterocycles. The number of rotatable bonds is 3. The van der Waals surface area contributed by atoms with E-state index >= 15 is 0 Å². The third-order valence-electron chi connectivity index (χ3n) is 6.83. The predicted molar refractivity (Wildman–Crippen MR) is 133 cm³/mol. The minimum Gasteiger partial charge on any atom is -0.358 e. The Morgan fingerprint density at radius 1 is 0.909 bits per heavy atom. The molecule has 3 aromatic heterocycles. The van der Waals surface area contributed by atoms with Crippen LogP contribution >= 0.6 is 0 Å². The minimum absolute atomic E-state index is 0.730. The molecule has 0 saturated carbocycles. The quantitative estimate of drug-likeness (QED) is 0.395. The second-order valence-electron chi connectivity index (χ2n) is 8.88. The molecule has 0 radical (unpaired) electrons. The summed E-state index contributed by atoms with van der Waals surface area (Å²) < 4.78 is 2.09. The number of hydrogen-bond donors (Lipinski definition) is 2. The first-order valence-electron chi connectivity index (χ1n) is 11.5. The normalized spacial score (nSPS) is 13.7. The number of pyridine rings is 1. The number of nitrogens with zero attached hydrogens (tertiary/aromatic N) is 3. The van der Waals surface area contributed by atoms with Crippen LogP contribution < -0.4 is 5.32 Å². The van der Waals surface area contributed by atoms with Gasteiger partial charge in [-0.3, -0.25) is 9.67 Å². The molecule has 0 unspecified atom stereocenters. The standard InChI is InChI=1S/C28H23N5/c1-2-21-12-18(3-7-25(21)30-10-1)17-33-28-14-20(4-5-22(28)15-31-33)19-6-8-26-23(13-19)24-16-29-11-9-27(24)32-26/h1-8,10,12-15,29,32H,9,11,16-17H2. The van der Waals surface area contributed by atoms with Gasteiger partial charge in [-0.1, -0.05) is 30.3 Å². The van der Waals surface area contributed by atoms with Crippen LogP contribution in [0.2, 0.25) is 0 Å². The first-order chi connectivity index (χ1) is 16.3. The summed E-state index contributed by atoms with van der Waals surface area (Å²) in [4.78, 5) is 8.04. The van der Waals surface area contributed by atoms with Gasteiger partial charge in [-0.25, -0.2) is 0 Å². The van der Waals surface area contributed by atoms with E-state index in [1.54, 1.807) is 0 Å². The Labute approximate surface area is 191 Å². The lowest BCUT2D eigenvalue weighted by molar-refractivity contribution is 0.641. The lowest BCUT2D eigenvalue weighted by Gasteiger charge is -2.12. The zero-order chi connectivity index (χ0) is 21.8. The predicted octanol–water partition coefficient (Wildman–Crippen LogP) is 5.43. The van der Waals surface area contributed by atoms with Gasteiger partial charge >= 0.3 is 0 Å². The molecule has 3 aromatic carbocycles. The van der Waals surface area contributed by atoms with Crippen molar-refractivity contribution in [3.8, 4) is 11.1 Å². The maximum Gasteiger partial charge on any atom is 0.0702 e. The maximum absolute atomic E-state index is 4.69. The summed E-state index contributed by atoms with van der Waals surface area (Å²) in [7, 11) is 0. The molecular weight excluding hydrogens is 406 g/mol. The number of fused-ring (bicyclic) bond motifs is 5. The van der Waals surface area contributed by atoms with E-state index in [9.17, 15) is 0 Å². The zero-order valence-corrected chi connectivity index (χ0v) is 18.2. The summed E-state index contributed by atoms with van der Waals surface area (Å²) in [5.74, 6) is 0. The second-order valence-corrected chi connectivity index (χ2v) is 8.88. The average molecular weight is 430 g/mol. The van der Waals surface area contributed by atoms with Gasteiger partial charge in [0, 0.05) is 53.1 Å². The fraction of sp³-hybridized carbons (Fsp3) is 0.143. The van der Waals surface area contributed by atoms with Crippen molar-refractivity contribution in [2.45, 2.75) is 19.5 Å². The highest BCUT2D eigenvalue weighted by Gasteiger charge is 2.15. The summed E-state index contributed by atoms with van der Waals surface area (Å²) in [6, 6.07) is 23.9. The smallest absolute Gasteiger partial charge is 0.0702 e. The first-order valence-corrected chi connectivity index (χ1v) is 11.5. The van der Waals surface area contributed by atoms with Gasteiger partial charge in [0.05, 0.1) is 23.8 Å². The van der Waals surface area contributed by atoms with Crippen LogP contribution in [0.25, 0.3) is 43.8 Å². The fourth-order valence-electron chi connectivity index (χ4n) is 5.10. The van der Waals surface area contributed by atoms with Gasteiger partial charge in [0.2, 0.25) is 0 Å². The number of nitrogens with one attached hydrogen (secondary N) is 2. The van der Waals surface area contributed by atoms with Crippen molar-refractivity contribution in [2.75, 3.05) is 6.54 Å². The van der Waals surface area contributed by atoms with Crippen LogP contribution in [0, 0.1) is 0 Å². The summed E-state index contributed by atoms with van der Waals surface area (Å²) in [5, 5.41) is 11.8. The van der Waals surface area contributed by atoms with Crippen LogP contribution in [0.15, 0.2) is 79.1 Å². The van der Waals surface area contributed by atoms with Crippen molar-refractivity contribution >= 4 is 32.7 Å². The van der Waals surface area contributed by atoms with Crippen molar-refractivity contribution in [2.24, 2.45) is 0 Å². The van der Waals surface area contributed by atoms with E-state index in [1.165, 1.54) is 38.9 Å². The number of aromatic nitrogens is 4. The van der Waals surface area contributed by atoms with Gasteiger partial charge in [0.1, 0.15) is 0 Å². The molecule has 0 fully saturated rings. The van der Waals surface area contributed by atoms with E-state index in [-0.39, 0.29) is 0 Å². The number of hydrogen-bond acceptors (Lipinski definition) is 3. The molecule has 5 heteroatoms. The Kier molecular flexibility index (Phi) is 4.11. The topological polar surface area (TPSA) is 58.5 Å². The van der Waals surface area contributed by atoms with Crippen molar-refractivity contribution in [1.82, 2.24) is 25.1 Å². The molecule has 0 atom stereocenters. The highest BCUT2D eigenvalue weighted by Crippen LogP contribution is 2.31.